The highest BCUT2D eigenvalue weighted by Gasteiger charge is 2.24. The van der Waals surface area contributed by atoms with Crippen molar-refractivity contribution in [3.8, 4) is 0 Å². The van der Waals surface area contributed by atoms with Crippen LogP contribution in [0.3, 0.4) is 0 Å². The highest BCUT2D eigenvalue weighted by atomic mass is 14.9. The van der Waals surface area contributed by atoms with E-state index in [9.17, 15) is 0 Å². The van der Waals surface area contributed by atoms with E-state index in [-0.39, 0.29) is 0 Å². The Morgan fingerprint density at radius 1 is 1.00 bits per heavy atom. The van der Waals surface area contributed by atoms with Gasteiger partial charge in [0.05, 0.1) is 0 Å². The Morgan fingerprint density at radius 2 is 1.53 bits per heavy atom. The molecule has 0 aliphatic rings. The van der Waals surface area contributed by atoms with E-state index in [1.807, 2.05) is 0 Å². The maximum atomic E-state index is 3.60. The van der Waals surface area contributed by atoms with Gasteiger partial charge in [-0.2, -0.15) is 0 Å². The molecule has 0 aliphatic heterocycles. The summed E-state index contributed by atoms with van der Waals surface area (Å²) in [6.07, 6.45) is 1.16. The Bertz CT molecular complexity index is 378. The fourth-order valence-electron chi connectivity index (χ4n) is 2.53. The second-order valence-corrected chi connectivity index (χ2v) is 7.33. The van der Waals surface area contributed by atoms with Crippen molar-refractivity contribution < 1.29 is 0 Å². The fraction of sp³-hybridized carbons (Fsp3) is 0.667. The molecule has 1 aromatic carbocycles. The van der Waals surface area contributed by atoms with Crippen LogP contribution in [0.2, 0.25) is 0 Å². The summed E-state index contributed by atoms with van der Waals surface area (Å²) in [6, 6.07) is 7.48. The third-order valence-electron chi connectivity index (χ3n) is 3.76. The molecule has 1 nitrogen and oxygen atoms in total. The van der Waals surface area contributed by atoms with Gasteiger partial charge >= 0.3 is 0 Å². The molecule has 1 heteroatoms. The number of hydrogen-bond acceptors (Lipinski definition) is 1. The molecule has 0 radical (unpaired) electrons. The average molecular weight is 261 g/mol. The van der Waals surface area contributed by atoms with E-state index >= 15 is 0 Å². The lowest BCUT2D eigenvalue weighted by Crippen LogP contribution is -2.36. The molecule has 0 aliphatic carbocycles. The first-order valence-electron chi connectivity index (χ1n) is 7.49. The lowest BCUT2D eigenvalue weighted by atomic mass is 9.77. The Kier molecular flexibility index (Phi) is 5.61. The van der Waals surface area contributed by atoms with Crippen LogP contribution < -0.4 is 5.32 Å². The van der Waals surface area contributed by atoms with Crippen molar-refractivity contribution in [3.63, 3.8) is 0 Å². The van der Waals surface area contributed by atoms with Gasteiger partial charge in [-0.3, -0.25) is 0 Å². The van der Waals surface area contributed by atoms with E-state index < -0.39 is 0 Å². The lowest BCUT2D eigenvalue weighted by molar-refractivity contribution is 0.226. The van der Waals surface area contributed by atoms with Crippen LogP contribution in [0.1, 0.15) is 51.3 Å². The Labute approximate surface area is 119 Å². The smallest absolute Gasteiger partial charge is 0.00104 e. The molecule has 0 fully saturated rings. The van der Waals surface area contributed by atoms with E-state index in [0.717, 1.165) is 13.0 Å². The van der Waals surface area contributed by atoms with Crippen molar-refractivity contribution >= 4 is 0 Å². The van der Waals surface area contributed by atoms with Gasteiger partial charge in [0.1, 0.15) is 0 Å². The third kappa shape index (κ3) is 5.78. The number of rotatable bonds is 5. The molecule has 108 valence electrons. The van der Waals surface area contributed by atoms with Crippen molar-refractivity contribution in [2.24, 2.45) is 11.3 Å². The molecule has 0 saturated carbocycles. The fourth-order valence-corrected chi connectivity index (χ4v) is 2.53. The number of benzene rings is 1. The molecule has 1 N–H and O–H groups in total. The van der Waals surface area contributed by atoms with Crippen LogP contribution in [0.4, 0.5) is 0 Å². The molecule has 0 saturated heterocycles. The SMILES string of the molecule is Cc1cc(C)cc(CC(CNC(C)C)C(C)(C)C)c1. The molecule has 1 atom stereocenters. The molecule has 0 amide bonds. The van der Waals surface area contributed by atoms with E-state index in [2.05, 4.69) is 72.0 Å². The van der Waals surface area contributed by atoms with E-state index in [0.29, 0.717) is 17.4 Å². The van der Waals surface area contributed by atoms with Gasteiger partial charge in [0.2, 0.25) is 0 Å². The Hall–Kier alpha value is -0.820. The van der Waals surface area contributed by atoms with Gasteiger partial charge < -0.3 is 5.32 Å². The molecule has 1 aromatic rings. The Balaban J connectivity index is 2.82. The lowest BCUT2D eigenvalue weighted by Gasteiger charge is -2.32. The summed E-state index contributed by atoms with van der Waals surface area (Å²) < 4.78 is 0. The molecule has 0 bridgehead atoms. The van der Waals surface area contributed by atoms with E-state index in [1.165, 1.54) is 16.7 Å². The van der Waals surface area contributed by atoms with Gasteiger partial charge in [0.25, 0.3) is 0 Å². The van der Waals surface area contributed by atoms with Crippen LogP contribution in [0.5, 0.6) is 0 Å². The second kappa shape index (κ2) is 6.56. The first-order chi connectivity index (χ1) is 8.68. The minimum atomic E-state index is 0.333. The highest BCUT2D eigenvalue weighted by molar-refractivity contribution is 5.29. The van der Waals surface area contributed by atoms with Crippen molar-refractivity contribution in [1.82, 2.24) is 5.32 Å². The van der Waals surface area contributed by atoms with Crippen LogP contribution in [-0.4, -0.2) is 12.6 Å². The zero-order chi connectivity index (χ0) is 14.6. The predicted octanol–water partition coefficient (Wildman–Crippen LogP) is 4.51. The van der Waals surface area contributed by atoms with Crippen molar-refractivity contribution in [1.29, 1.82) is 0 Å². The van der Waals surface area contributed by atoms with E-state index in [1.54, 1.807) is 0 Å². The average Bonchev–Trinajstić information content (AvgIpc) is 2.20. The quantitative estimate of drug-likeness (QED) is 0.822. The standard InChI is InChI=1S/C18H31N/c1-13(2)19-12-17(18(5,6)7)11-16-9-14(3)8-15(4)10-16/h8-10,13,17,19H,11-12H2,1-7H3. The van der Waals surface area contributed by atoms with Crippen LogP contribution in [0.25, 0.3) is 0 Å². The third-order valence-corrected chi connectivity index (χ3v) is 3.76. The molecule has 1 unspecified atom stereocenters. The summed E-state index contributed by atoms with van der Waals surface area (Å²) in [7, 11) is 0. The molecule has 0 spiro atoms. The predicted molar refractivity (Wildman–Crippen MR) is 85.7 cm³/mol. The first kappa shape index (κ1) is 16.2. The maximum Gasteiger partial charge on any atom is 0.00104 e. The first-order valence-corrected chi connectivity index (χ1v) is 7.49. The number of nitrogens with one attached hydrogen (secondary N) is 1. The zero-order valence-corrected chi connectivity index (χ0v) is 13.8. The van der Waals surface area contributed by atoms with Gasteiger partial charge in [0.15, 0.2) is 0 Å². The molecule has 0 heterocycles. The van der Waals surface area contributed by atoms with Crippen LogP contribution in [-0.2, 0) is 6.42 Å². The topological polar surface area (TPSA) is 12.0 Å². The summed E-state index contributed by atoms with van der Waals surface area (Å²) >= 11 is 0. The number of hydrogen-bond donors (Lipinski definition) is 1. The molecule has 1 rings (SSSR count). The van der Waals surface area contributed by atoms with Crippen molar-refractivity contribution in [2.75, 3.05) is 6.54 Å². The highest BCUT2D eigenvalue weighted by Crippen LogP contribution is 2.29. The van der Waals surface area contributed by atoms with Gasteiger partial charge in [-0.25, -0.2) is 0 Å². The molecular weight excluding hydrogens is 230 g/mol. The second-order valence-electron chi connectivity index (χ2n) is 7.33. The summed E-state index contributed by atoms with van der Waals surface area (Å²) in [5.41, 5.74) is 4.56. The molecule has 19 heavy (non-hydrogen) atoms. The normalized spacial score (nSPS) is 13.9. The zero-order valence-electron chi connectivity index (χ0n) is 13.8. The summed E-state index contributed by atoms with van der Waals surface area (Å²) in [6.45, 7) is 17.0. The van der Waals surface area contributed by atoms with Gasteiger partial charge in [0, 0.05) is 6.04 Å². The number of aryl methyl sites for hydroxylation is 2. The van der Waals surface area contributed by atoms with Gasteiger partial charge in [-0.1, -0.05) is 63.9 Å². The molecule has 0 aromatic heterocycles. The van der Waals surface area contributed by atoms with Crippen molar-refractivity contribution in [2.45, 2.75) is 60.9 Å². The van der Waals surface area contributed by atoms with Crippen molar-refractivity contribution in [3.05, 3.63) is 34.9 Å². The minimum absolute atomic E-state index is 0.333. The summed E-state index contributed by atoms with van der Waals surface area (Å²) in [5, 5.41) is 3.60. The van der Waals surface area contributed by atoms with Crippen LogP contribution in [0.15, 0.2) is 18.2 Å². The summed E-state index contributed by atoms with van der Waals surface area (Å²) in [5.74, 6) is 0.663. The van der Waals surface area contributed by atoms with E-state index in [4.69, 9.17) is 0 Å². The monoisotopic (exact) mass is 261 g/mol. The maximum absolute atomic E-state index is 3.60. The van der Waals surface area contributed by atoms with Gasteiger partial charge in [-0.15, -0.1) is 0 Å². The van der Waals surface area contributed by atoms with Gasteiger partial charge in [-0.05, 0) is 43.7 Å². The Morgan fingerprint density at radius 3 is 1.95 bits per heavy atom. The van der Waals surface area contributed by atoms with Crippen LogP contribution in [0, 0.1) is 25.2 Å². The largest absolute Gasteiger partial charge is 0.314 e. The molecular formula is C18H31N. The summed E-state index contributed by atoms with van der Waals surface area (Å²) in [4.78, 5) is 0. The minimum Gasteiger partial charge on any atom is -0.314 e. The van der Waals surface area contributed by atoms with Crippen LogP contribution >= 0.6 is 0 Å².